The summed E-state index contributed by atoms with van der Waals surface area (Å²) in [6.07, 6.45) is -6.93. The van der Waals surface area contributed by atoms with Crippen molar-refractivity contribution in [1.29, 1.82) is 0 Å². The van der Waals surface area contributed by atoms with Crippen molar-refractivity contribution in [2.24, 2.45) is 5.92 Å². The van der Waals surface area contributed by atoms with Crippen molar-refractivity contribution in [1.82, 2.24) is 0 Å². The first-order chi connectivity index (χ1) is 11.5. The van der Waals surface area contributed by atoms with Gasteiger partial charge in [-0.15, -0.1) is 0 Å². The van der Waals surface area contributed by atoms with Crippen LogP contribution in [0.25, 0.3) is 0 Å². The Hall–Kier alpha value is -0.360. The second-order valence-electron chi connectivity index (χ2n) is 7.71. The fraction of sp³-hybridized carbons (Fsp3) is 1.00. The van der Waals surface area contributed by atoms with Gasteiger partial charge in [-0.1, -0.05) is 0 Å². The summed E-state index contributed by atoms with van der Waals surface area (Å²) >= 11 is 0. The number of ether oxygens (including phenoxy) is 2. The van der Waals surface area contributed by atoms with E-state index in [9.17, 15) is 30.6 Å². The lowest BCUT2D eigenvalue weighted by Crippen LogP contribution is -2.60. The molecule has 0 aromatic rings. The first kappa shape index (κ1) is 20.9. The van der Waals surface area contributed by atoms with Gasteiger partial charge in [0.1, 0.15) is 24.4 Å². The minimum atomic E-state index is -1.55. The van der Waals surface area contributed by atoms with Gasteiger partial charge in [0.05, 0.1) is 30.5 Å². The summed E-state index contributed by atoms with van der Waals surface area (Å²) < 4.78 is 10.6. The van der Waals surface area contributed by atoms with Crippen LogP contribution < -0.4 is 0 Å². The van der Waals surface area contributed by atoms with E-state index in [2.05, 4.69) is 0 Å². The van der Waals surface area contributed by atoms with Crippen LogP contribution in [0.2, 0.25) is 0 Å². The van der Waals surface area contributed by atoms with E-state index in [0.29, 0.717) is 12.8 Å². The van der Waals surface area contributed by atoms with E-state index in [1.807, 2.05) is 0 Å². The van der Waals surface area contributed by atoms with Gasteiger partial charge in [-0.2, -0.15) is 0 Å². The summed E-state index contributed by atoms with van der Waals surface area (Å²) in [6.45, 7) is 2.25. The van der Waals surface area contributed by atoms with Crippen molar-refractivity contribution < 1.29 is 45.2 Å². The van der Waals surface area contributed by atoms with Crippen LogP contribution in [0.4, 0.5) is 0 Å². The van der Waals surface area contributed by atoms with Crippen LogP contribution >= 0.6 is 0 Å². The normalized spacial score (nSPS) is 48.1. The maximum Gasteiger partial charge on any atom is 0.186 e. The molecule has 2 fully saturated rings. The zero-order valence-electron chi connectivity index (χ0n) is 14.5. The van der Waals surface area contributed by atoms with Gasteiger partial charge in [-0.05, 0) is 39.0 Å². The van der Waals surface area contributed by atoms with E-state index in [-0.39, 0.29) is 18.9 Å². The molecule has 1 saturated heterocycles. The molecule has 2 aliphatic rings. The van der Waals surface area contributed by atoms with Gasteiger partial charge in [-0.3, -0.25) is 0 Å². The maximum atomic E-state index is 10.7. The molecule has 9 heteroatoms. The summed E-state index contributed by atoms with van der Waals surface area (Å²) in [4.78, 5) is 0. The zero-order chi connectivity index (χ0) is 19.0. The van der Waals surface area contributed by atoms with Gasteiger partial charge in [0.15, 0.2) is 6.29 Å². The average molecular weight is 366 g/mol. The standard InChI is InChI=1S/C16H30O9/c1-15(22)4-3-8(5-10(15)18)16(2,23)7-24-14-13(21)12(20)11(19)9(6-17)25-14/h8-14,17-23H,3-7H2,1-2H3/t8-,9+,10-,11+,12-,13+,14+,15-,16-/m0/s1. The van der Waals surface area contributed by atoms with E-state index >= 15 is 0 Å². The third-order valence-corrected chi connectivity index (χ3v) is 5.49. The molecule has 0 amide bonds. The first-order valence-electron chi connectivity index (χ1n) is 8.54. The van der Waals surface area contributed by atoms with E-state index in [1.54, 1.807) is 6.92 Å². The van der Waals surface area contributed by atoms with Crippen molar-refractivity contribution >= 4 is 0 Å². The molecule has 0 aromatic carbocycles. The van der Waals surface area contributed by atoms with Crippen molar-refractivity contribution in [3.05, 3.63) is 0 Å². The monoisotopic (exact) mass is 366 g/mol. The molecule has 0 unspecified atom stereocenters. The number of aliphatic hydroxyl groups is 7. The van der Waals surface area contributed by atoms with Crippen LogP contribution in [0.1, 0.15) is 33.1 Å². The van der Waals surface area contributed by atoms with Crippen molar-refractivity contribution in [3.63, 3.8) is 0 Å². The van der Waals surface area contributed by atoms with E-state index in [4.69, 9.17) is 14.6 Å². The van der Waals surface area contributed by atoms with Crippen LogP contribution in [0.3, 0.4) is 0 Å². The van der Waals surface area contributed by atoms with Gasteiger partial charge in [0.2, 0.25) is 0 Å². The molecular weight excluding hydrogens is 336 g/mol. The molecule has 1 heterocycles. The van der Waals surface area contributed by atoms with Gasteiger partial charge in [-0.25, -0.2) is 0 Å². The lowest BCUT2D eigenvalue weighted by atomic mass is 9.71. The summed E-state index contributed by atoms with van der Waals surface area (Å²) in [7, 11) is 0. The van der Waals surface area contributed by atoms with Crippen LogP contribution in [0.15, 0.2) is 0 Å². The maximum absolute atomic E-state index is 10.7. The molecule has 0 radical (unpaired) electrons. The molecule has 2 rings (SSSR count). The molecule has 148 valence electrons. The third kappa shape index (κ3) is 4.49. The second-order valence-corrected chi connectivity index (χ2v) is 7.71. The van der Waals surface area contributed by atoms with Crippen LogP contribution in [-0.2, 0) is 9.47 Å². The molecule has 0 spiro atoms. The van der Waals surface area contributed by atoms with Crippen molar-refractivity contribution in [2.75, 3.05) is 13.2 Å². The summed E-state index contributed by atoms with van der Waals surface area (Å²) in [5.74, 6) is -0.340. The second kappa shape index (κ2) is 7.71. The molecular formula is C16H30O9. The molecule has 1 aliphatic carbocycles. The van der Waals surface area contributed by atoms with Crippen molar-refractivity contribution in [2.45, 2.75) is 81.1 Å². The Labute approximate surface area is 146 Å². The lowest BCUT2D eigenvalue weighted by Gasteiger charge is -2.44. The summed E-state index contributed by atoms with van der Waals surface area (Å²) in [5, 5.41) is 69.3. The van der Waals surface area contributed by atoms with Crippen molar-refractivity contribution in [3.8, 4) is 0 Å². The topological polar surface area (TPSA) is 160 Å². The molecule has 1 saturated carbocycles. The van der Waals surface area contributed by atoms with E-state index < -0.39 is 54.6 Å². The summed E-state index contributed by atoms with van der Waals surface area (Å²) in [6, 6.07) is 0. The van der Waals surface area contributed by atoms with E-state index in [1.165, 1.54) is 6.92 Å². The first-order valence-corrected chi connectivity index (χ1v) is 8.54. The third-order valence-electron chi connectivity index (χ3n) is 5.49. The highest BCUT2D eigenvalue weighted by Crippen LogP contribution is 2.38. The fourth-order valence-electron chi connectivity index (χ4n) is 3.41. The Balaban J connectivity index is 1.95. The van der Waals surface area contributed by atoms with Gasteiger partial charge < -0.3 is 45.2 Å². The minimum Gasteiger partial charge on any atom is -0.394 e. The summed E-state index contributed by atoms with van der Waals surface area (Å²) in [5.41, 5.74) is -2.55. The Kier molecular flexibility index (Phi) is 6.46. The largest absolute Gasteiger partial charge is 0.394 e. The van der Waals surface area contributed by atoms with Crippen LogP contribution in [0, 0.1) is 5.92 Å². The molecule has 0 bridgehead atoms. The number of aliphatic hydroxyl groups excluding tert-OH is 5. The number of hydrogen-bond acceptors (Lipinski definition) is 9. The molecule has 9 atom stereocenters. The molecule has 9 nitrogen and oxygen atoms in total. The molecule has 0 aromatic heterocycles. The predicted molar refractivity (Wildman–Crippen MR) is 84.3 cm³/mol. The highest BCUT2D eigenvalue weighted by atomic mass is 16.7. The number of rotatable bonds is 5. The SMILES string of the molecule is C[C@](O)(CO[C@@H]1O[C@H](CO)[C@@H](O)[C@H](O)[C@H]1O)[C@H]1CC[C@](C)(O)[C@@H](O)C1. The molecule has 25 heavy (non-hydrogen) atoms. The highest BCUT2D eigenvalue weighted by molar-refractivity contribution is 4.96. The molecule has 7 N–H and O–H groups in total. The predicted octanol–water partition coefficient (Wildman–Crippen LogP) is -2.53. The fourth-order valence-corrected chi connectivity index (χ4v) is 3.41. The average Bonchev–Trinajstić information content (AvgIpc) is 2.54. The highest BCUT2D eigenvalue weighted by Gasteiger charge is 2.47. The quantitative estimate of drug-likeness (QED) is 0.278. The van der Waals surface area contributed by atoms with Crippen LogP contribution in [-0.4, -0.2) is 97.0 Å². The Morgan fingerprint density at radius 1 is 1.16 bits per heavy atom. The zero-order valence-corrected chi connectivity index (χ0v) is 14.5. The Morgan fingerprint density at radius 2 is 1.80 bits per heavy atom. The lowest BCUT2D eigenvalue weighted by molar-refractivity contribution is -0.310. The van der Waals surface area contributed by atoms with E-state index in [0.717, 1.165) is 0 Å². The Bertz CT molecular complexity index is 439. The van der Waals surface area contributed by atoms with Gasteiger partial charge >= 0.3 is 0 Å². The van der Waals surface area contributed by atoms with Gasteiger partial charge in [0, 0.05) is 0 Å². The Morgan fingerprint density at radius 3 is 2.36 bits per heavy atom. The molecule has 1 aliphatic heterocycles. The van der Waals surface area contributed by atoms with Gasteiger partial charge in [0.25, 0.3) is 0 Å². The van der Waals surface area contributed by atoms with Crippen LogP contribution in [0.5, 0.6) is 0 Å². The minimum absolute atomic E-state index is 0.193. The number of hydrogen-bond donors (Lipinski definition) is 7. The smallest absolute Gasteiger partial charge is 0.186 e.